The summed E-state index contributed by atoms with van der Waals surface area (Å²) in [7, 11) is 0. The summed E-state index contributed by atoms with van der Waals surface area (Å²) in [6.07, 6.45) is 1.52. The largest absolute Gasteiger partial charge is 0.481 e. The standard InChI is InChI=1S/C14H21NO3S/c1-4-11-7-8-12(19-11)14(18)15(10(2)3)9-5-6-13(16)17/h7-8,10H,4-6,9H2,1-3H3,(H,16,17). The SMILES string of the molecule is CCc1ccc(C(=O)N(CCCC(=O)O)C(C)C)s1. The quantitative estimate of drug-likeness (QED) is 0.836. The number of carbonyl (C=O) groups is 2. The number of amides is 1. The summed E-state index contributed by atoms with van der Waals surface area (Å²) in [6.45, 7) is 6.45. The van der Waals surface area contributed by atoms with E-state index in [-0.39, 0.29) is 18.4 Å². The third-order valence-corrected chi connectivity index (χ3v) is 4.11. The van der Waals surface area contributed by atoms with Gasteiger partial charge in [-0.3, -0.25) is 9.59 Å². The van der Waals surface area contributed by atoms with Gasteiger partial charge in [0.15, 0.2) is 0 Å². The van der Waals surface area contributed by atoms with Crippen molar-refractivity contribution in [3.05, 3.63) is 21.9 Å². The second-order valence-electron chi connectivity index (χ2n) is 4.71. The first-order valence-corrected chi connectivity index (χ1v) is 7.38. The van der Waals surface area contributed by atoms with Crippen LogP contribution in [0.25, 0.3) is 0 Å². The van der Waals surface area contributed by atoms with Gasteiger partial charge in [-0.25, -0.2) is 0 Å². The van der Waals surface area contributed by atoms with Crippen molar-refractivity contribution >= 4 is 23.2 Å². The van der Waals surface area contributed by atoms with Crippen molar-refractivity contribution in [1.82, 2.24) is 4.90 Å². The first kappa shape index (κ1) is 15.7. The first-order chi connectivity index (χ1) is 8.95. The van der Waals surface area contributed by atoms with E-state index in [1.54, 1.807) is 4.90 Å². The molecule has 0 aliphatic rings. The average molecular weight is 283 g/mol. The van der Waals surface area contributed by atoms with Crippen LogP contribution in [0.3, 0.4) is 0 Å². The monoisotopic (exact) mass is 283 g/mol. The Kier molecular flexibility index (Phi) is 6.02. The average Bonchev–Trinajstić information content (AvgIpc) is 2.81. The number of hydrogen-bond donors (Lipinski definition) is 1. The van der Waals surface area contributed by atoms with Crippen molar-refractivity contribution in [2.75, 3.05) is 6.54 Å². The highest BCUT2D eigenvalue weighted by Gasteiger charge is 2.20. The van der Waals surface area contributed by atoms with Crippen LogP contribution in [0.5, 0.6) is 0 Å². The van der Waals surface area contributed by atoms with Gasteiger partial charge in [-0.05, 0) is 38.8 Å². The Morgan fingerprint density at radius 2 is 2.05 bits per heavy atom. The van der Waals surface area contributed by atoms with Gasteiger partial charge in [-0.15, -0.1) is 11.3 Å². The molecule has 0 fully saturated rings. The van der Waals surface area contributed by atoms with Crippen molar-refractivity contribution in [2.24, 2.45) is 0 Å². The molecule has 5 heteroatoms. The maximum Gasteiger partial charge on any atom is 0.303 e. The molecule has 0 atom stereocenters. The van der Waals surface area contributed by atoms with Crippen molar-refractivity contribution in [1.29, 1.82) is 0 Å². The van der Waals surface area contributed by atoms with Crippen LogP contribution in [0.4, 0.5) is 0 Å². The van der Waals surface area contributed by atoms with Gasteiger partial charge in [0, 0.05) is 23.9 Å². The molecule has 1 amide bonds. The molecule has 1 heterocycles. The van der Waals surface area contributed by atoms with E-state index in [4.69, 9.17) is 5.11 Å². The highest BCUT2D eigenvalue weighted by atomic mass is 32.1. The second kappa shape index (κ2) is 7.28. The predicted octanol–water partition coefficient (Wildman–Crippen LogP) is 3.03. The van der Waals surface area contributed by atoms with Crippen LogP contribution < -0.4 is 0 Å². The van der Waals surface area contributed by atoms with Crippen LogP contribution in [0, 0.1) is 0 Å². The number of aliphatic carboxylic acids is 1. The first-order valence-electron chi connectivity index (χ1n) is 6.57. The number of aryl methyl sites for hydroxylation is 1. The van der Waals surface area contributed by atoms with Gasteiger partial charge >= 0.3 is 5.97 Å². The minimum absolute atomic E-state index is 0.00471. The van der Waals surface area contributed by atoms with Crippen LogP contribution in [0.2, 0.25) is 0 Å². The summed E-state index contributed by atoms with van der Waals surface area (Å²) in [4.78, 5) is 26.6. The van der Waals surface area contributed by atoms with E-state index in [2.05, 4.69) is 6.92 Å². The molecule has 0 bridgehead atoms. The number of rotatable bonds is 7. The van der Waals surface area contributed by atoms with E-state index in [1.807, 2.05) is 26.0 Å². The van der Waals surface area contributed by atoms with Gasteiger partial charge in [0.1, 0.15) is 0 Å². The molecule has 0 radical (unpaired) electrons. The summed E-state index contributed by atoms with van der Waals surface area (Å²) >= 11 is 1.52. The number of thiophene rings is 1. The Hall–Kier alpha value is -1.36. The maximum absolute atomic E-state index is 12.4. The molecule has 4 nitrogen and oxygen atoms in total. The van der Waals surface area contributed by atoms with E-state index in [0.717, 1.165) is 11.3 Å². The lowest BCUT2D eigenvalue weighted by molar-refractivity contribution is -0.137. The Morgan fingerprint density at radius 3 is 2.53 bits per heavy atom. The van der Waals surface area contributed by atoms with E-state index in [9.17, 15) is 9.59 Å². The molecular formula is C14H21NO3S. The van der Waals surface area contributed by atoms with Crippen LogP contribution in [0.15, 0.2) is 12.1 Å². The minimum Gasteiger partial charge on any atom is -0.481 e. The van der Waals surface area contributed by atoms with Crippen LogP contribution in [0.1, 0.15) is 48.2 Å². The highest BCUT2D eigenvalue weighted by Crippen LogP contribution is 2.20. The molecule has 0 unspecified atom stereocenters. The molecule has 0 aliphatic heterocycles. The van der Waals surface area contributed by atoms with Gasteiger partial charge in [0.2, 0.25) is 0 Å². The second-order valence-corrected chi connectivity index (χ2v) is 5.88. The number of nitrogens with zero attached hydrogens (tertiary/aromatic N) is 1. The van der Waals surface area contributed by atoms with Crippen LogP contribution >= 0.6 is 11.3 Å². The molecule has 0 aromatic carbocycles. The van der Waals surface area contributed by atoms with E-state index >= 15 is 0 Å². The zero-order valence-corrected chi connectivity index (χ0v) is 12.5. The number of hydrogen-bond acceptors (Lipinski definition) is 3. The smallest absolute Gasteiger partial charge is 0.303 e. The summed E-state index contributed by atoms with van der Waals surface area (Å²) in [5.74, 6) is -0.814. The van der Waals surface area contributed by atoms with E-state index < -0.39 is 5.97 Å². The molecule has 19 heavy (non-hydrogen) atoms. The van der Waals surface area contributed by atoms with Crippen molar-refractivity contribution in [3.63, 3.8) is 0 Å². The fourth-order valence-electron chi connectivity index (χ4n) is 1.82. The van der Waals surface area contributed by atoms with Crippen LogP contribution in [-0.2, 0) is 11.2 Å². The third kappa shape index (κ3) is 4.67. The summed E-state index contributed by atoms with van der Waals surface area (Å²) in [6, 6.07) is 3.92. The van der Waals surface area contributed by atoms with Crippen LogP contribution in [-0.4, -0.2) is 34.5 Å². The maximum atomic E-state index is 12.4. The Morgan fingerprint density at radius 1 is 1.37 bits per heavy atom. The highest BCUT2D eigenvalue weighted by molar-refractivity contribution is 7.14. The van der Waals surface area contributed by atoms with Gasteiger partial charge in [0.25, 0.3) is 5.91 Å². The zero-order valence-electron chi connectivity index (χ0n) is 11.7. The van der Waals surface area contributed by atoms with Gasteiger partial charge in [-0.2, -0.15) is 0 Å². The van der Waals surface area contributed by atoms with Crippen molar-refractivity contribution < 1.29 is 14.7 Å². The molecule has 106 valence electrons. The molecule has 1 rings (SSSR count). The van der Waals surface area contributed by atoms with Gasteiger partial charge in [0.05, 0.1) is 4.88 Å². The topological polar surface area (TPSA) is 57.6 Å². The van der Waals surface area contributed by atoms with Gasteiger partial charge in [-0.1, -0.05) is 6.92 Å². The number of carboxylic acids is 1. The van der Waals surface area contributed by atoms with Gasteiger partial charge < -0.3 is 10.0 Å². The fraction of sp³-hybridized carbons (Fsp3) is 0.571. The molecule has 0 saturated carbocycles. The fourth-order valence-corrected chi connectivity index (χ4v) is 2.72. The normalized spacial score (nSPS) is 10.7. The molecule has 0 aliphatic carbocycles. The Balaban J connectivity index is 2.69. The summed E-state index contributed by atoms with van der Waals surface area (Å²) in [5, 5.41) is 8.65. The molecule has 1 aromatic heterocycles. The zero-order chi connectivity index (χ0) is 14.4. The van der Waals surface area contributed by atoms with Crippen molar-refractivity contribution in [3.8, 4) is 0 Å². The number of carbonyl (C=O) groups excluding carboxylic acids is 1. The molecule has 0 saturated heterocycles. The molecule has 1 aromatic rings. The minimum atomic E-state index is -0.819. The van der Waals surface area contributed by atoms with Crippen molar-refractivity contribution in [2.45, 2.75) is 46.1 Å². The summed E-state index contributed by atoms with van der Waals surface area (Å²) < 4.78 is 0. The predicted molar refractivity (Wildman–Crippen MR) is 76.7 cm³/mol. The Labute approximate surface area is 118 Å². The molecule has 1 N–H and O–H groups in total. The van der Waals surface area contributed by atoms with E-state index in [0.29, 0.717) is 13.0 Å². The summed E-state index contributed by atoms with van der Waals surface area (Å²) in [5.41, 5.74) is 0. The molecule has 0 spiro atoms. The lowest BCUT2D eigenvalue weighted by Crippen LogP contribution is -2.37. The number of carboxylic acid groups (broad SMARTS) is 1. The molecular weight excluding hydrogens is 262 g/mol. The van der Waals surface area contributed by atoms with E-state index in [1.165, 1.54) is 16.2 Å². The lowest BCUT2D eigenvalue weighted by atomic mass is 10.2. The lowest BCUT2D eigenvalue weighted by Gasteiger charge is -2.26. The Bertz CT molecular complexity index is 440. The third-order valence-electron chi connectivity index (χ3n) is 2.89.